The standard InChI is InChI=1S/C3H8O6P2/c1-3(11(7,8)9)2-10(4,5)6/h2H,1H3,(H2,4,5,6)(H2,7,8,9). The van der Waals surface area contributed by atoms with Gasteiger partial charge in [-0.05, 0) is 6.92 Å². The molecule has 0 aromatic heterocycles. The minimum Gasteiger partial charge on any atom is -0.321 e. The van der Waals surface area contributed by atoms with Crippen LogP contribution in [0.4, 0.5) is 0 Å². The van der Waals surface area contributed by atoms with Crippen LogP contribution in [0.15, 0.2) is 11.1 Å². The molecular weight excluding hydrogens is 194 g/mol. The third-order valence-corrected chi connectivity index (χ3v) is 2.79. The first-order valence-corrected chi connectivity index (χ1v) is 5.73. The zero-order valence-electron chi connectivity index (χ0n) is 5.58. The van der Waals surface area contributed by atoms with Gasteiger partial charge in [0.25, 0.3) is 0 Å². The van der Waals surface area contributed by atoms with Gasteiger partial charge in [0.1, 0.15) is 0 Å². The molecule has 8 heteroatoms. The Morgan fingerprint density at radius 3 is 1.64 bits per heavy atom. The average molecular weight is 202 g/mol. The van der Waals surface area contributed by atoms with Crippen LogP contribution >= 0.6 is 15.2 Å². The first-order chi connectivity index (χ1) is 4.63. The molecular formula is C3H8O6P2. The van der Waals surface area contributed by atoms with Crippen LogP contribution in [0, 0.1) is 0 Å². The molecule has 0 heterocycles. The van der Waals surface area contributed by atoms with E-state index in [2.05, 4.69) is 0 Å². The molecule has 0 atom stereocenters. The van der Waals surface area contributed by atoms with Crippen LogP contribution in [0.5, 0.6) is 0 Å². The molecule has 0 aliphatic carbocycles. The van der Waals surface area contributed by atoms with Crippen LogP contribution in [0.1, 0.15) is 6.92 Å². The van der Waals surface area contributed by atoms with Gasteiger partial charge in [0.15, 0.2) is 0 Å². The van der Waals surface area contributed by atoms with Gasteiger partial charge >= 0.3 is 15.2 Å². The number of allylic oxidation sites excluding steroid dienone is 1. The molecule has 0 fully saturated rings. The zero-order valence-corrected chi connectivity index (χ0v) is 7.37. The molecule has 0 saturated heterocycles. The van der Waals surface area contributed by atoms with E-state index in [0.717, 1.165) is 6.92 Å². The number of rotatable bonds is 2. The lowest BCUT2D eigenvalue weighted by atomic mass is 10.8. The number of hydrogen-bond donors (Lipinski definition) is 4. The highest BCUT2D eigenvalue weighted by atomic mass is 31.2. The van der Waals surface area contributed by atoms with E-state index in [4.69, 9.17) is 19.6 Å². The quantitative estimate of drug-likeness (QED) is 0.475. The molecule has 11 heavy (non-hydrogen) atoms. The predicted molar refractivity (Wildman–Crippen MR) is 37.8 cm³/mol. The summed E-state index contributed by atoms with van der Waals surface area (Å²) in [6.07, 6.45) is 0. The molecule has 0 rings (SSSR count). The summed E-state index contributed by atoms with van der Waals surface area (Å²) in [5, 5.41) is -0.620. The molecule has 0 spiro atoms. The molecule has 0 aliphatic heterocycles. The monoisotopic (exact) mass is 202 g/mol. The van der Waals surface area contributed by atoms with Gasteiger partial charge in [-0.1, -0.05) is 0 Å². The summed E-state index contributed by atoms with van der Waals surface area (Å²) in [5.74, 6) is 0.258. The van der Waals surface area contributed by atoms with Crippen molar-refractivity contribution in [3.8, 4) is 0 Å². The van der Waals surface area contributed by atoms with E-state index in [1.54, 1.807) is 0 Å². The fourth-order valence-electron chi connectivity index (χ4n) is 0.319. The molecule has 66 valence electrons. The maximum atomic E-state index is 10.3. The lowest BCUT2D eigenvalue weighted by Gasteiger charge is -2.03. The second-order valence-electron chi connectivity index (χ2n) is 1.90. The van der Waals surface area contributed by atoms with Crippen molar-refractivity contribution < 1.29 is 28.7 Å². The van der Waals surface area contributed by atoms with E-state index in [9.17, 15) is 9.13 Å². The van der Waals surface area contributed by atoms with Gasteiger partial charge in [0.2, 0.25) is 0 Å². The Bertz CT molecular complexity index is 255. The molecule has 0 bridgehead atoms. The summed E-state index contributed by atoms with van der Waals surface area (Å²) in [4.78, 5) is 33.2. The van der Waals surface area contributed by atoms with Crippen LogP contribution in [-0.2, 0) is 9.13 Å². The van der Waals surface area contributed by atoms with Gasteiger partial charge in [-0.15, -0.1) is 0 Å². The van der Waals surface area contributed by atoms with E-state index in [-0.39, 0.29) is 5.82 Å². The molecule has 0 aliphatic rings. The molecule has 0 aromatic rings. The Hall–Kier alpha value is 0.0400. The molecule has 0 aromatic carbocycles. The van der Waals surface area contributed by atoms with Gasteiger partial charge < -0.3 is 19.6 Å². The first-order valence-electron chi connectivity index (χ1n) is 2.44. The summed E-state index contributed by atoms with van der Waals surface area (Å²) in [5.41, 5.74) is 0. The molecule has 6 nitrogen and oxygen atoms in total. The van der Waals surface area contributed by atoms with Crippen molar-refractivity contribution >= 4 is 15.2 Å². The highest BCUT2D eigenvalue weighted by Gasteiger charge is 2.20. The first kappa shape index (κ1) is 11.0. The number of hydrogen-bond acceptors (Lipinski definition) is 2. The third kappa shape index (κ3) is 5.32. The van der Waals surface area contributed by atoms with Crippen molar-refractivity contribution in [3.63, 3.8) is 0 Å². The second-order valence-corrected chi connectivity index (χ2v) is 5.13. The van der Waals surface area contributed by atoms with Crippen molar-refractivity contribution in [1.29, 1.82) is 0 Å². The highest BCUT2D eigenvalue weighted by molar-refractivity contribution is 7.60. The van der Waals surface area contributed by atoms with Gasteiger partial charge in [-0.25, -0.2) is 0 Å². The summed E-state index contributed by atoms with van der Waals surface area (Å²) < 4.78 is 20.5. The SMILES string of the molecule is CC(=CP(=O)(O)O)P(=O)(O)O. The Morgan fingerprint density at radius 2 is 1.55 bits per heavy atom. The maximum absolute atomic E-state index is 10.3. The maximum Gasteiger partial charge on any atom is 0.352 e. The van der Waals surface area contributed by atoms with Gasteiger partial charge in [0, 0.05) is 11.1 Å². The van der Waals surface area contributed by atoms with Crippen molar-refractivity contribution in [2.24, 2.45) is 0 Å². The fraction of sp³-hybridized carbons (Fsp3) is 0.333. The normalized spacial score (nSPS) is 15.2. The van der Waals surface area contributed by atoms with E-state index in [0.29, 0.717) is 0 Å². The average Bonchev–Trinajstić information content (AvgIpc) is 1.56. The van der Waals surface area contributed by atoms with Crippen molar-refractivity contribution in [1.82, 2.24) is 0 Å². The van der Waals surface area contributed by atoms with Crippen LogP contribution in [0.25, 0.3) is 0 Å². The Balaban J connectivity index is 4.78. The summed E-state index contributed by atoms with van der Waals surface area (Å²) >= 11 is 0. The minimum absolute atomic E-state index is 0.258. The predicted octanol–water partition coefficient (Wildman–Crippen LogP) is 0.203. The van der Waals surface area contributed by atoms with E-state index >= 15 is 0 Å². The van der Waals surface area contributed by atoms with E-state index < -0.39 is 20.5 Å². The van der Waals surface area contributed by atoms with Crippen molar-refractivity contribution in [3.05, 3.63) is 11.1 Å². The minimum atomic E-state index is -4.48. The molecule has 0 saturated carbocycles. The second kappa shape index (κ2) is 3.19. The van der Waals surface area contributed by atoms with E-state index in [1.165, 1.54) is 0 Å². The Morgan fingerprint density at radius 1 is 1.18 bits per heavy atom. The fourth-order valence-corrected chi connectivity index (χ4v) is 1.86. The summed E-state index contributed by atoms with van der Waals surface area (Å²) in [6, 6.07) is 0. The van der Waals surface area contributed by atoms with Crippen LogP contribution in [0.3, 0.4) is 0 Å². The van der Waals surface area contributed by atoms with Gasteiger partial charge in [-0.3, -0.25) is 9.13 Å². The summed E-state index contributed by atoms with van der Waals surface area (Å²) in [6.45, 7) is 0.958. The molecule has 0 unspecified atom stereocenters. The van der Waals surface area contributed by atoms with E-state index in [1.807, 2.05) is 0 Å². The lowest BCUT2D eigenvalue weighted by Crippen LogP contribution is -1.80. The van der Waals surface area contributed by atoms with Crippen molar-refractivity contribution in [2.75, 3.05) is 0 Å². The largest absolute Gasteiger partial charge is 0.352 e. The van der Waals surface area contributed by atoms with Gasteiger partial charge in [-0.2, -0.15) is 0 Å². The highest BCUT2D eigenvalue weighted by Crippen LogP contribution is 2.50. The topological polar surface area (TPSA) is 115 Å². The molecule has 4 N–H and O–H groups in total. The van der Waals surface area contributed by atoms with Crippen LogP contribution in [0.2, 0.25) is 0 Å². The lowest BCUT2D eigenvalue weighted by molar-refractivity contribution is 0.376. The zero-order chi connectivity index (χ0) is 9.28. The third-order valence-electron chi connectivity index (χ3n) is 0.814. The van der Waals surface area contributed by atoms with Crippen LogP contribution < -0.4 is 0 Å². The van der Waals surface area contributed by atoms with Gasteiger partial charge in [0.05, 0.1) is 0 Å². The smallest absolute Gasteiger partial charge is 0.321 e. The summed E-state index contributed by atoms with van der Waals surface area (Å²) in [7, 11) is -8.96. The Kier molecular flexibility index (Phi) is 3.20. The van der Waals surface area contributed by atoms with Crippen molar-refractivity contribution in [2.45, 2.75) is 6.92 Å². The molecule has 0 amide bonds. The Labute approximate surface area is 62.9 Å². The van der Waals surface area contributed by atoms with Crippen LogP contribution in [-0.4, -0.2) is 19.6 Å². The molecule has 0 radical (unpaired) electrons.